The summed E-state index contributed by atoms with van der Waals surface area (Å²) in [6.45, 7) is 3.01. The van der Waals surface area contributed by atoms with Crippen LogP contribution in [-0.2, 0) is 25.5 Å². The Morgan fingerprint density at radius 1 is 1.05 bits per heavy atom. The molecule has 202 valence electrons. The van der Waals surface area contributed by atoms with Crippen molar-refractivity contribution < 1.29 is 34.1 Å². The molecule has 1 aliphatic heterocycles. The number of aliphatic hydroxyl groups is 1. The molecule has 1 saturated carbocycles. The van der Waals surface area contributed by atoms with E-state index >= 15 is 0 Å². The van der Waals surface area contributed by atoms with Crippen LogP contribution >= 0.6 is 0 Å². The van der Waals surface area contributed by atoms with Crippen LogP contribution in [0.1, 0.15) is 42.7 Å². The third kappa shape index (κ3) is 6.28. The number of cyclic esters (lactones) is 1. The smallest absolute Gasteiger partial charge is 0.312 e. The van der Waals surface area contributed by atoms with Gasteiger partial charge in [-0.15, -0.1) is 0 Å². The summed E-state index contributed by atoms with van der Waals surface area (Å²) in [5.41, 5.74) is 0.518. The molecular formula is C27H32N4O7. The lowest BCUT2D eigenvalue weighted by molar-refractivity contribution is -0.165. The second-order valence-electron chi connectivity index (χ2n) is 9.90. The van der Waals surface area contributed by atoms with Gasteiger partial charge >= 0.3 is 5.97 Å². The van der Waals surface area contributed by atoms with Crippen LogP contribution in [0, 0.1) is 11.8 Å². The second kappa shape index (κ2) is 11.6. The van der Waals surface area contributed by atoms with Crippen LogP contribution in [0.4, 0.5) is 0 Å². The highest BCUT2D eigenvalue weighted by Gasteiger charge is 2.44. The van der Waals surface area contributed by atoms with Crippen molar-refractivity contribution in [2.24, 2.45) is 11.8 Å². The van der Waals surface area contributed by atoms with Crippen molar-refractivity contribution in [1.29, 1.82) is 0 Å². The third-order valence-electron chi connectivity index (χ3n) is 6.91. The lowest BCUT2D eigenvalue weighted by Crippen LogP contribution is -2.62. The van der Waals surface area contributed by atoms with Crippen molar-refractivity contribution in [3.8, 4) is 5.75 Å². The lowest BCUT2D eigenvalue weighted by Gasteiger charge is -2.33. The van der Waals surface area contributed by atoms with Gasteiger partial charge in [-0.05, 0) is 50.8 Å². The van der Waals surface area contributed by atoms with E-state index in [2.05, 4.69) is 20.9 Å². The van der Waals surface area contributed by atoms with Crippen LogP contribution in [0.15, 0.2) is 48.7 Å². The summed E-state index contributed by atoms with van der Waals surface area (Å²) in [5, 5.41) is 29.2. The third-order valence-corrected chi connectivity index (χ3v) is 6.91. The Morgan fingerprint density at radius 3 is 2.42 bits per heavy atom. The molecule has 2 heterocycles. The first-order valence-electron chi connectivity index (χ1n) is 12.6. The Morgan fingerprint density at radius 2 is 1.76 bits per heavy atom. The number of nitrogens with zero attached hydrogens (tertiary/aromatic N) is 1. The number of aromatic hydroxyl groups is 1. The fourth-order valence-corrected chi connectivity index (χ4v) is 4.47. The molecule has 38 heavy (non-hydrogen) atoms. The zero-order chi connectivity index (χ0) is 27.4. The number of aliphatic hydroxyl groups excluding tert-OH is 1. The van der Waals surface area contributed by atoms with E-state index in [4.69, 9.17) is 4.74 Å². The molecule has 1 aliphatic carbocycles. The maximum Gasteiger partial charge on any atom is 0.312 e. The molecule has 3 amide bonds. The van der Waals surface area contributed by atoms with Crippen LogP contribution in [0.5, 0.6) is 5.75 Å². The summed E-state index contributed by atoms with van der Waals surface area (Å²) >= 11 is 0. The number of aromatic nitrogens is 1. The van der Waals surface area contributed by atoms with Crippen molar-refractivity contribution in [3.63, 3.8) is 0 Å². The summed E-state index contributed by atoms with van der Waals surface area (Å²) in [7, 11) is 0. The molecule has 11 nitrogen and oxygen atoms in total. The summed E-state index contributed by atoms with van der Waals surface area (Å²) in [6, 6.07) is 8.70. The summed E-state index contributed by atoms with van der Waals surface area (Å²) < 4.78 is 5.56. The van der Waals surface area contributed by atoms with Gasteiger partial charge in [0.15, 0.2) is 11.8 Å². The predicted octanol–water partition coefficient (Wildman–Crippen LogP) is 0.450. The fraction of sp³-hybridized carbons (Fsp3) is 0.444. The molecule has 2 aliphatic rings. The second-order valence-corrected chi connectivity index (χ2v) is 9.90. The Bertz CT molecular complexity index is 1190. The lowest BCUT2D eigenvalue weighted by atomic mass is 9.92. The minimum absolute atomic E-state index is 0.161. The van der Waals surface area contributed by atoms with E-state index in [1.807, 2.05) is 30.3 Å². The Labute approximate surface area is 220 Å². The van der Waals surface area contributed by atoms with Crippen LogP contribution in [0.2, 0.25) is 0 Å². The van der Waals surface area contributed by atoms with Gasteiger partial charge < -0.3 is 30.9 Å². The van der Waals surface area contributed by atoms with Crippen molar-refractivity contribution in [2.75, 3.05) is 0 Å². The highest BCUT2D eigenvalue weighted by Crippen LogP contribution is 2.35. The number of ether oxygens (including phenoxy) is 1. The molecule has 1 aromatic carbocycles. The molecule has 4 rings (SSSR count). The number of rotatable bonds is 5. The van der Waals surface area contributed by atoms with Crippen molar-refractivity contribution in [3.05, 3.63) is 59.9 Å². The predicted molar refractivity (Wildman–Crippen MR) is 135 cm³/mol. The van der Waals surface area contributed by atoms with E-state index in [0.29, 0.717) is 12.8 Å². The minimum atomic E-state index is -1.35. The van der Waals surface area contributed by atoms with Gasteiger partial charge in [-0.2, -0.15) is 0 Å². The number of amides is 3. The van der Waals surface area contributed by atoms with E-state index in [1.54, 1.807) is 0 Å². The first-order chi connectivity index (χ1) is 18.2. The molecule has 1 aromatic heterocycles. The topological polar surface area (TPSA) is 167 Å². The molecule has 11 heteroatoms. The first-order valence-corrected chi connectivity index (χ1v) is 12.6. The van der Waals surface area contributed by atoms with E-state index < -0.39 is 59.9 Å². The normalized spacial score (nSPS) is 28.7. The van der Waals surface area contributed by atoms with Gasteiger partial charge in [0, 0.05) is 12.1 Å². The Hall–Kier alpha value is -3.99. The molecule has 5 N–H and O–H groups in total. The standard InChI is InChI=1S/C27H32N4O7/c1-14-22(33)18(13-16-7-4-3-5-8-16)30-24(34)20(31-25(35)21-19(32)9-6-12-28-21)15(2)29-26(36)23(17-10-11-17)38-27(14)37/h3-9,12,14-15,17-18,20,22-23,32-33H,10-11,13H2,1-2H3,(H,29,36)(H,30,34)(H,31,35). The summed E-state index contributed by atoms with van der Waals surface area (Å²) in [6.07, 6.45) is 0.495. The monoisotopic (exact) mass is 524 g/mol. The number of nitrogens with one attached hydrogen (secondary N) is 3. The van der Waals surface area contributed by atoms with Crippen LogP contribution in [0.3, 0.4) is 0 Å². The zero-order valence-electron chi connectivity index (χ0n) is 21.2. The SMILES string of the molecule is CC1NC(=O)C(C2CC2)OC(=O)C(C)C(O)C(Cc2ccccc2)NC(=O)C1NC(=O)c1ncccc1O. The van der Waals surface area contributed by atoms with Gasteiger partial charge in [0.05, 0.1) is 24.1 Å². The number of carbonyl (C=O) groups is 4. The maximum atomic E-state index is 13.6. The van der Waals surface area contributed by atoms with Crippen molar-refractivity contribution >= 4 is 23.7 Å². The van der Waals surface area contributed by atoms with Crippen LogP contribution in [0.25, 0.3) is 0 Å². The molecule has 6 unspecified atom stereocenters. The molecule has 0 spiro atoms. The number of hydrogen-bond donors (Lipinski definition) is 5. The van der Waals surface area contributed by atoms with E-state index in [9.17, 15) is 29.4 Å². The number of pyridine rings is 1. The summed E-state index contributed by atoms with van der Waals surface area (Å²) in [5.74, 6) is -4.42. The van der Waals surface area contributed by atoms with Gasteiger partial charge in [-0.3, -0.25) is 19.2 Å². The van der Waals surface area contributed by atoms with Crippen LogP contribution in [-0.4, -0.2) is 69.2 Å². The van der Waals surface area contributed by atoms with Crippen molar-refractivity contribution in [2.45, 2.75) is 63.4 Å². The number of hydrogen-bond acceptors (Lipinski definition) is 8. The van der Waals surface area contributed by atoms with Gasteiger partial charge in [0.2, 0.25) is 5.91 Å². The van der Waals surface area contributed by atoms with E-state index in [1.165, 1.54) is 32.2 Å². The average molecular weight is 525 g/mol. The number of benzene rings is 1. The molecular weight excluding hydrogens is 492 g/mol. The number of esters is 1. The zero-order valence-corrected chi connectivity index (χ0v) is 21.2. The largest absolute Gasteiger partial charge is 0.505 e. The van der Waals surface area contributed by atoms with Gasteiger partial charge in [-0.1, -0.05) is 30.3 Å². The highest BCUT2D eigenvalue weighted by molar-refractivity contribution is 5.98. The molecule has 0 bridgehead atoms. The fourth-order valence-electron chi connectivity index (χ4n) is 4.47. The molecule has 2 aromatic rings. The molecule has 6 atom stereocenters. The van der Waals surface area contributed by atoms with E-state index in [0.717, 1.165) is 5.56 Å². The van der Waals surface area contributed by atoms with Gasteiger partial charge in [-0.25, -0.2) is 4.98 Å². The average Bonchev–Trinajstić information content (AvgIpc) is 3.74. The molecule has 2 fully saturated rings. The van der Waals surface area contributed by atoms with Crippen LogP contribution < -0.4 is 16.0 Å². The number of carbonyl (C=O) groups excluding carboxylic acids is 4. The highest BCUT2D eigenvalue weighted by atomic mass is 16.6. The Kier molecular flexibility index (Phi) is 8.26. The molecule has 1 saturated heterocycles. The Balaban J connectivity index is 1.66. The quantitative estimate of drug-likeness (QED) is 0.352. The summed E-state index contributed by atoms with van der Waals surface area (Å²) in [4.78, 5) is 56.4. The maximum absolute atomic E-state index is 13.6. The van der Waals surface area contributed by atoms with Gasteiger partial charge in [0.25, 0.3) is 11.8 Å². The van der Waals surface area contributed by atoms with E-state index in [-0.39, 0.29) is 23.8 Å². The van der Waals surface area contributed by atoms with Gasteiger partial charge in [0.1, 0.15) is 11.8 Å². The van der Waals surface area contributed by atoms with Crippen molar-refractivity contribution in [1.82, 2.24) is 20.9 Å². The minimum Gasteiger partial charge on any atom is -0.505 e. The molecule has 0 radical (unpaired) electrons. The first kappa shape index (κ1) is 27.1.